The predicted octanol–water partition coefficient (Wildman–Crippen LogP) is 4.17. The number of pyridine rings is 1. The van der Waals surface area contributed by atoms with E-state index in [0.29, 0.717) is 53.9 Å². The fourth-order valence-electron chi connectivity index (χ4n) is 6.76. The van der Waals surface area contributed by atoms with Gasteiger partial charge >= 0.3 is 6.09 Å². The zero-order valence-electron chi connectivity index (χ0n) is 35.0. The molecule has 5 rings (SSSR count). The van der Waals surface area contributed by atoms with Gasteiger partial charge in [0.15, 0.2) is 5.82 Å². The summed E-state index contributed by atoms with van der Waals surface area (Å²) in [4.78, 5) is 87.5. The van der Waals surface area contributed by atoms with Gasteiger partial charge in [-0.1, -0.05) is 50.6 Å². The van der Waals surface area contributed by atoms with Gasteiger partial charge in [-0.15, -0.1) is 0 Å². The van der Waals surface area contributed by atoms with Crippen LogP contribution in [0.4, 0.5) is 16.3 Å². The smallest absolute Gasteiger partial charge is 0.410 e. The molecule has 2 atom stereocenters. The van der Waals surface area contributed by atoms with Crippen molar-refractivity contribution in [3.63, 3.8) is 0 Å². The molecule has 17 nitrogen and oxygen atoms in total. The number of unbranched alkanes of at least 4 members (excludes halogenated alkanes) is 2. The van der Waals surface area contributed by atoms with Crippen molar-refractivity contribution in [1.82, 2.24) is 35.0 Å². The first-order valence-corrected chi connectivity index (χ1v) is 20.2. The van der Waals surface area contributed by atoms with E-state index in [1.165, 1.54) is 17.1 Å². The zero-order valence-corrected chi connectivity index (χ0v) is 35.0. The van der Waals surface area contributed by atoms with Crippen molar-refractivity contribution in [3.8, 4) is 0 Å². The number of imidazole rings is 1. The summed E-state index contributed by atoms with van der Waals surface area (Å²) < 4.78 is 7.54. The van der Waals surface area contributed by atoms with Gasteiger partial charge in [-0.05, 0) is 70.2 Å². The third-order valence-electron chi connectivity index (χ3n) is 9.99. The van der Waals surface area contributed by atoms with E-state index in [1.807, 2.05) is 35.8 Å². The maximum atomic E-state index is 13.3. The number of benzene rings is 2. The molecule has 2 aromatic carbocycles. The first-order chi connectivity index (χ1) is 28.4. The number of carbonyl (C=O) groups excluding carboxylic acids is 6. The van der Waals surface area contributed by atoms with Crippen LogP contribution in [-0.2, 0) is 48.4 Å². The molecule has 0 fully saturated rings. The number of aromatic nitrogens is 3. The number of hydrogen-bond acceptors (Lipinski definition) is 11. The van der Waals surface area contributed by atoms with Crippen molar-refractivity contribution in [1.29, 1.82) is 0 Å². The van der Waals surface area contributed by atoms with Gasteiger partial charge in [-0.2, -0.15) is 0 Å². The third kappa shape index (κ3) is 11.4. The summed E-state index contributed by atoms with van der Waals surface area (Å²) in [7, 11) is 0. The minimum Gasteiger partial charge on any atom is -0.445 e. The molecule has 3 heterocycles. The number of ether oxygens (including phenoxy) is 1. The van der Waals surface area contributed by atoms with E-state index in [0.717, 1.165) is 15.8 Å². The van der Waals surface area contributed by atoms with Crippen molar-refractivity contribution in [2.75, 3.05) is 24.1 Å². The van der Waals surface area contributed by atoms with Crippen molar-refractivity contribution in [2.24, 2.45) is 5.92 Å². The number of nitrogens with two attached hydrogens (primary N) is 1. The number of carbonyl (C=O) groups is 6. The first-order valence-electron chi connectivity index (χ1n) is 20.2. The van der Waals surface area contributed by atoms with E-state index in [2.05, 4.69) is 20.9 Å². The molecule has 0 radical (unpaired) electrons. The normalized spacial score (nSPS) is 13.8. The monoisotopic (exact) mass is 825 g/mol. The molecule has 0 aliphatic carbocycles. The second kappa shape index (κ2) is 19.6. The molecule has 0 saturated heterocycles. The van der Waals surface area contributed by atoms with Crippen molar-refractivity contribution >= 4 is 69.1 Å². The minimum atomic E-state index is -1.10. The second-order valence-electron chi connectivity index (χ2n) is 15.9. The van der Waals surface area contributed by atoms with Gasteiger partial charge in [0.1, 0.15) is 30.0 Å². The topological polar surface area (TPSA) is 231 Å². The fourth-order valence-corrected chi connectivity index (χ4v) is 6.76. The number of anilines is 2. The molecule has 0 saturated carbocycles. The van der Waals surface area contributed by atoms with E-state index >= 15 is 0 Å². The van der Waals surface area contributed by atoms with Crippen molar-refractivity contribution < 1.29 is 38.6 Å². The van der Waals surface area contributed by atoms with Gasteiger partial charge in [0.2, 0.25) is 17.7 Å². The number of nitrogen functional groups attached to an aromatic ring is 1. The van der Waals surface area contributed by atoms with Crippen LogP contribution >= 0.6 is 0 Å². The van der Waals surface area contributed by atoms with Gasteiger partial charge < -0.3 is 41.0 Å². The van der Waals surface area contributed by atoms with Gasteiger partial charge in [-0.25, -0.2) is 14.8 Å². The molecular weight excluding hydrogens is 771 g/mol. The number of hydrogen-bond donors (Lipinski definition) is 5. The highest BCUT2D eigenvalue weighted by Crippen LogP contribution is 2.30. The van der Waals surface area contributed by atoms with Crippen LogP contribution in [0.3, 0.4) is 0 Å². The second-order valence-corrected chi connectivity index (χ2v) is 15.9. The highest BCUT2D eigenvalue weighted by molar-refractivity contribution is 6.13. The van der Waals surface area contributed by atoms with Crippen LogP contribution in [0.15, 0.2) is 60.7 Å². The van der Waals surface area contributed by atoms with Gasteiger partial charge in [-0.3, -0.25) is 28.9 Å². The Bertz CT molecular complexity index is 2240. The SMILES string of the molecule is CCN(Cc1nc2c(N)nc3ccccc3c2n1CC(C)(C)O)C(=O)OCc1ccc(NC(=O)[C@H](C)NC(=O)C(NC(=O)CCCCCN2C(=O)C=CC2=O)C(C)C)cc1. The summed E-state index contributed by atoms with van der Waals surface area (Å²) in [5.41, 5.74) is 8.25. The molecule has 6 N–H and O–H groups in total. The van der Waals surface area contributed by atoms with Gasteiger partial charge in [0.05, 0.1) is 29.7 Å². The number of fused-ring (bicyclic) bond motifs is 3. The summed E-state index contributed by atoms with van der Waals surface area (Å²) in [6, 6.07) is 12.5. The third-order valence-corrected chi connectivity index (χ3v) is 9.99. The number of nitrogens with one attached hydrogen (secondary N) is 3. The molecule has 6 amide bonds. The summed E-state index contributed by atoms with van der Waals surface area (Å²) in [5, 5.41) is 19.8. The molecular formula is C43H55N9O8. The van der Waals surface area contributed by atoms with Crippen LogP contribution in [0.25, 0.3) is 21.9 Å². The van der Waals surface area contributed by atoms with Crippen LogP contribution in [0.5, 0.6) is 0 Å². The Morgan fingerprint density at radius 1 is 0.917 bits per heavy atom. The van der Waals surface area contributed by atoms with E-state index < -0.39 is 35.6 Å². The summed E-state index contributed by atoms with van der Waals surface area (Å²) in [6.45, 7) is 11.2. The number of para-hydroxylation sites is 1. The minimum absolute atomic E-state index is 0.0434. The van der Waals surface area contributed by atoms with E-state index in [1.54, 1.807) is 58.9 Å². The van der Waals surface area contributed by atoms with Crippen molar-refractivity contribution in [2.45, 2.75) is 105 Å². The Morgan fingerprint density at radius 2 is 1.60 bits per heavy atom. The summed E-state index contributed by atoms with van der Waals surface area (Å²) in [5.74, 6) is -1.45. The molecule has 1 aliphatic rings. The Balaban J connectivity index is 1.10. The maximum absolute atomic E-state index is 13.3. The Hall–Kier alpha value is -6.36. The predicted molar refractivity (Wildman–Crippen MR) is 226 cm³/mol. The Kier molecular flexibility index (Phi) is 14.6. The van der Waals surface area contributed by atoms with Crippen LogP contribution in [0.1, 0.15) is 78.6 Å². The van der Waals surface area contributed by atoms with Crippen LogP contribution in [0.2, 0.25) is 0 Å². The van der Waals surface area contributed by atoms with Crippen LogP contribution in [0, 0.1) is 5.92 Å². The quantitative estimate of drug-likeness (QED) is 0.0666. The standard InChI is InChI=1S/C43H55N9O8/c1-7-50(23-32-48-37-38(52(32)25-43(5,6)59)30-13-10-11-14-31(30)47-39(37)44)42(58)60-24-28-16-18-29(19-17-28)46-40(56)27(4)45-41(57)36(26(2)3)49-33(53)15-9-8-12-22-51-34(54)20-21-35(51)55/h10-11,13-14,16-21,26-27,36,59H,7-9,12,15,22-25H2,1-6H3,(H2,44,47)(H,45,57)(H,46,56)(H,49,53)/t27-,36?/m0/s1. The molecule has 2 aromatic heterocycles. The molecule has 1 aliphatic heterocycles. The summed E-state index contributed by atoms with van der Waals surface area (Å²) in [6.07, 6.45) is 3.76. The average molecular weight is 826 g/mol. The molecule has 17 heteroatoms. The fraction of sp³-hybridized carbons (Fsp3) is 0.442. The Labute approximate surface area is 348 Å². The maximum Gasteiger partial charge on any atom is 0.410 e. The number of imide groups is 1. The highest BCUT2D eigenvalue weighted by atomic mass is 16.6. The lowest BCUT2D eigenvalue weighted by molar-refractivity contribution is -0.137. The van der Waals surface area contributed by atoms with E-state index in [9.17, 15) is 33.9 Å². The lowest BCUT2D eigenvalue weighted by Crippen LogP contribution is -2.53. The molecule has 1 unspecified atom stereocenters. The van der Waals surface area contributed by atoms with Crippen LogP contribution in [-0.4, -0.2) is 95.8 Å². The molecule has 60 heavy (non-hydrogen) atoms. The lowest BCUT2D eigenvalue weighted by Gasteiger charge is -2.24. The van der Waals surface area contributed by atoms with Crippen molar-refractivity contribution in [3.05, 3.63) is 72.1 Å². The van der Waals surface area contributed by atoms with Crippen LogP contribution < -0.4 is 21.7 Å². The average Bonchev–Trinajstić information content (AvgIpc) is 3.71. The molecule has 320 valence electrons. The number of aliphatic hydroxyl groups is 1. The zero-order chi connectivity index (χ0) is 43.7. The van der Waals surface area contributed by atoms with E-state index in [-0.39, 0.29) is 62.1 Å². The number of amides is 6. The largest absolute Gasteiger partial charge is 0.445 e. The first kappa shape index (κ1) is 44.7. The molecule has 4 aromatic rings. The van der Waals surface area contributed by atoms with E-state index in [4.69, 9.17) is 15.5 Å². The Morgan fingerprint density at radius 3 is 2.25 bits per heavy atom. The number of rotatable bonds is 19. The number of nitrogens with zero attached hydrogens (tertiary/aromatic N) is 5. The summed E-state index contributed by atoms with van der Waals surface area (Å²) >= 11 is 0. The molecule has 0 spiro atoms. The van der Waals surface area contributed by atoms with Gasteiger partial charge in [0.25, 0.3) is 11.8 Å². The highest BCUT2D eigenvalue weighted by Gasteiger charge is 2.28. The van der Waals surface area contributed by atoms with Gasteiger partial charge in [0, 0.05) is 42.7 Å². The molecule has 0 bridgehead atoms. The lowest BCUT2D eigenvalue weighted by atomic mass is 10.0.